The molecule has 0 bridgehead atoms. The number of fused-ring (bicyclic) bond motifs is 3. The highest BCUT2D eigenvalue weighted by Gasteiger charge is 2.59. The minimum atomic E-state index is -3.04. The van der Waals surface area contributed by atoms with Crippen molar-refractivity contribution in [1.82, 2.24) is 9.97 Å². The molecule has 2 heterocycles. The topological polar surface area (TPSA) is 116 Å². The standard InChI is InChI=1S/C28H29FN2O6S/c1-15-9-24(36-7-4-8-38(3,34)35)31-16(2)25(15)17-5-6-22(29)19(10-17)14-37-23-12-18-11-20-26(21(18)13-30-23)27(20)28(32)33/h5-6,9-10,12-13,20,26-27H,4,7-8,11,14H2,1-3H3,(H,32,33)/t20-,26-,27+/m1/s1. The lowest BCUT2D eigenvalue weighted by molar-refractivity contribution is -0.139. The van der Waals surface area contributed by atoms with Gasteiger partial charge in [-0.15, -0.1) is 0 Å². The Labute approximate surface area is 220 Å². The smallest absolute Gasteiger partial charge is 0.307 e. The number of aromatic nitrogens is 2. The molecule has 3 aromatic rings. The third-order valence-corrected chi connectivity index (χ3v) is 8.29. The van der Waals surface area contributed by atoms with Gasteiger partial charge < -0.3 is 14.6 Å². The van der Waals surface area contributed by atoms with Gasteiger partial charge in [0.15, 0.2) is 0 Å². The fourth-order valence-electron chi connectivity index (χ4n) is 5.48. The Morgan fingerprint density at radius 1 is 1.16 bits per heavy atom. The van der Waals surface area contributed by atoms with Crippen molar-refractivity contribution in [2.75, 3.05) is 18.6 Å². The Bertz CT molecular complexity index is 1500. The highest BCUT2D eigenvalue weighted by Crippen LogP contribution is 2.61. The molecule has 2 aliphatic rings. The molecule has 2 aromatic heterocycles. The summed E-state index contributed by atoms with van der Waals surface area (Å²) >= 11 is 0. The van der Waals surface area contributed by atoms with Crippen LogP contribution < -0.4 is 9.47 Å². The number of benzene rings is 1. The predicted octanol–water partition coefficient (Wildman–Crippen LogP) is 4.26. The fourth-order valence-corrected chi connectivity index (χ4v) is 6.12. The van der Waals surface area contributed by atoms with Crippen LogP contribution in [0.4, 0.5) is 4.39 Å². The van der Waals surface area contributed by atoms with Crippen molar-refractivity contribution in [2.45, 2.75) is 39.2 Å². The number of ether oxygens (including phenoxy) is 2. The van der Waals surface area contributed by atoms with Crippen LogP contribution in [0.1, 0.15) is 40.3 Å². The molecular weight excluding hydrogens is 511 g/mol. The molecule has 1 N–H and O–H groups in total. The number of carboxylic acids is 1. The van der Waals surface area contributed by atoms with Gasteiger partial charge in [0.05, 0.1) is 18.3 Å². The molecule has 0 radical (unpaired) electrons. The summed E-state index contributed by atoms with van der Waals surface area (Å²) in [5, 5.41) is 9.29. The summed E-state index contributed by atoms with van der Waals surface area (Å²) in [7, 11) is -3.04. The molecule has 5 rings (SSSR count). The first-order valence-electron chi connectivity index (χ1n) is 12.4. The number of rotatable bonds is 10. The molecule has 8 nitrogen and oxygen atoms in total. The van der Waals surface area contributed by atoms with E-state index in [4.69, 9.17) is 9.47 Å². The van der Waals surface area contributed by atoms with E-state index in [9.17, 15) is 22.7 Å². The minimum absolute atomic E-state index is 0.0108. The van der Waals surface area contributed by atoms with E-state index in [1.165, 1.54) is 12.3 Å². The first-order chi connectivity index (χ1) is 18.0. The van der Waals surface area contributed by atoms with Gasteiger partial charge in [0.1, 0.15) is 22.3 Å². The molecule has 0 amide bonds. The van der Waals surface area contributed by atoms with Crippen LogP contribution in [-0.4, -0.2) is 48.1 Å². The maximum Gasteiger partial charge on any atom is 0.307 e. The molecule has 1 fully saturated rings. The van der Waals surface area contributed by atoms with Gasteiger partial charge in [0, 0.05) is 47.3 Å². The molecule has 1 aromatic carbocycles. The molecule has 10 heteroatoms. The van der Waals surface area contributed by atoms with Crippen molar-refractivity contribution in [3.8, 4) is 22.9 Å². The molecule has 0 aliphatic heterocycles. The third-order valence-electron chi connectivity index (χ3n) is 7.26. The Morgan fingerprint density at radius 3 is 2.66 bits per heavy atom. The Morgan fingerprint density at radius 2 is 1.95 bits per heavy atom. The van der Waals surface area contributed by atoms with E-state index in [1.54, 1.807) is 24.4 Å². The Hall–Kier alpha value is -3.53. The summed E-state index contributed by atoms with van der Waals surface area (Å²) in [5.41, 5.74) is 5.65. The van der Waals surface area contributed by atoms with E-state index in [0.29, 0.717) is 35.9 Å². The zero-order valence-corrected chi connectivity index (χ0v) is 22.2. The van der Waals surface area contributed by atoms with Crippen molar-refractivity contribution >= 4 is 15.8 Å². The number of hydrogen-bond donors (Lipinski definition) is 1. The third kappa shape index (κ3) is 5.36. The minimum Gasteiger partial charge on any atom is -0.481 e. The Balaban J connectivity index is 1.27. The van der Waals surface area contributed by atoms with Gasteiger partial charge in [-0.1, -0.05) is 6.07 Å². The monoisotopic (exact) mass is 540 g/mol. The summed E-state index contributed by atoms with van der Waals surface area (Å²) in [5.74, 6) is -0.429. The van der Waals surface area contributed by atoms with E-state index in [0.717, 1.165) is 27.8 Å². The highest BCUT2D eigenvalue weighted by atomic mass is 32.2. The summed E-state index contributed by atoms with van der Waals surface area (Å²) in [6.07, 6.45) is 3.96. The second-order valence-electron chi connectivity index (χ2n) is 10.1. The van der Waals surface area contributed by atoms with E-state index >= 15 is 0 Å². The number of carbonyl (C=O) groups is 1. The molecule has 0 unspecified atom stereocenters. The number of pyridine rings is 2. The van der Waals surface area contributed by atoms with Crippen molar-refractivity contribution < 1.29 is 32.2 Å². The maximum absolute atomic E-state index is 14.7. The number of hydrogen-bond acceptors (Lipinski definition) is 7. The van der Waals surface area contributed by atoms with Crippen LogP contribution in [-0.2, 0) is 27.7 Å². The van der Waals surface area contributed by atoms with Gasteiger partial charge in [-0.05, 0) is 67.0 Å². The molecule has 38 heavy (non-hydrogen) atoms. The zero-order chi connectivity index (χ0) is 27.2. The van der Waals surface area contributed by atoms with Crippen LogP contribution in [0.2, 0.25) is 0 Å². The summed E-state index contributed by atoms with van der Waals surface area (Å²) < 4.78 is 48.7. The van der Waals surface area contributed by atoms with Crippen molar-refractivity contribution in [3.63, 3.8) is 0 Å². The molecule has 3 atom stereocenters. The quantitative estimate of drug-likeness (QED) is 0.379. The van der Waals surface area contributed by atoms with Gasteiger partial charge in [-0.3, -0.25) is 4.79 Å². The largest absolute Gasteiger partial charge is 0.481 e. The van der Waals surface area contributed by atoms with E-state index in [1.807, 2.05) is 19.9 Å². The van der Waals surface area contributed by atoms with Crippen LogP contribution in [0.25, 0.3) is 11.1 Å². The van der Waals surface area contributed by atoms with Gasteiger partial charge in [0.25, 0.3) is 0 Å². The van der Waals surface area contributed by atoms with Crippen molar-refractivity contribution in [1.29, 1.82) is 0 Å². The van der Waals surface area contributed by atoms with Crippen LogP contribution in [0.15, 0.2) is 36.5 Å². The highest BCUT2D eigenvalue weighted by molar-refractivity contribution is 7.90. The maximum atomic E-state index is 14.7. The van der Waals surface area contributed by atoms with Gasteiger partial charge >= 0.3 is 5.97 Å². The van der Waals surface area contributed by atoms with Crippen molar-refractivity contribution in [2.24, 2.45) is 11.8 Å². The van der Waals surface area contributed by atoms with Crippen LogP contribution >= 0.6 is 0 Å². The number of halogens is 1. The predicted molar refractivity (Wildman–Crippen MR) is 139 cm³/mol. The summed E-state index contributed by atoms with van der Waals surface area (Å²) in [6, 6.07) is 8.45. The van der Waals surface area contributed by atoms with Crippen LogP contribution in [0, 0.1) is 31.5 Å². The average Bonchev–Trinajstić information content (AvgIpc) is 3.43. The lowest BCUT2D eigenvalue weighted by atomic mass is 9.97. The summed E-state index contributed by atoms with van der Waals surface area (Å²) in [6.45, 7) is 4.00. The van der Waals surface area contributed by atoms with E-state index in [-0.39, 0.29) is 36.7 Å². The Kier molecular flexibility index (Phi) is 6.85. The molecule has 2 aliphatic carbocycles. The second kappa shape index (κ2) is 9.98. The molecule has 0 saturated heterocycles. The van der Waals surface area contributed by atoms with E-state index < -0.39 is 21.6 Å². The first-order valence-corrected chi connectivity index (χ1v) is 14.5. The number of carboxylic acid groups (broad SMARTS) is 1. The lowest BCUT2D eigenvalue weighted by Crippen LogP contribution is -2.09. The first kappa shape index (κ1) is 26.1. The van der Waals surface area contributed by atoms with Crippen molar-refractivity contribution in [3.05, 3.63) is 70.3 Å². The molecular formula is C28H29FN2O6S. The normalized spacial score (nSPS) is 19.5. The molecule has 200 valence electrons. The van der Waals surface area contributed by atoms with E-state index in [2.05, 4.69) is 9.97 Å². The SMILES string of the molecule is Cc1cc(OCCCS(C)(=O)=O)nc(C)c1-c1ccc(F)c(COc2cc3c(cn2)[C@H]2[C@@H](C3)[C@@H]2C(=O)O)c1. The second-order valence-corrected chi connectivity index (χ2v) is 12.4. The summed E-state index contributed by atoms with van der Waals surface area (Å²) in [4.78, 5) is 20.1. The molecule has 0 spiro atoms. The number of sulfone groups is 1. The fraction of sp³-hybridized carbons (Fsp3) is 0.393. The number of aliphatic carboxylic acids is 1. The average molecular weight is 541 g/mol. The van der Waals surface area contributed by atoms with Crippen LogP contribution in [0.5, 0.6) is 11.8 Å². The number of nitrogens with zero attached hydrogens (tertiary/aromatic N) is 2. The van der Waals surface area contributed by atoms with Gasteiger partial charge in [-0.2, -0.15) is 0 Å². The zero-order valence-electron chi connectivity index (χ0n) is 21.4. The van der Waals surface area contributed by atoms with Gasteiger partial charge in [0.2, 0.25) is 11.8 Å². The van der Waals surface area contributed by atoms with Crippen LogP contribution in [0.3, 0.4) is 0 Å². The molecule has 1 saturated carbocycles. The lowest BCUT2D eigenvalue weighted by Gasteiger charge is -2.15. The van der Waals surface area contributed by atoms with Gasteiger partial charge in [-0.25, -0.2) is 22.8 Å². The number of aryl methyl sites for hydroxylation is 2.